The zero-order valence-electron chi connectivity index (χ0n) is 11.5. The predicted octanol–water partition coefficient (Wildman–Crippen LogP) is -1.27. The molecule has 0 bridgehead atoms. The van der Waals surface area contributed by atoms with E-state index in [9.17, 15) is 9.59 Å². The third-order valence-electron chi connectivity index (χ3n) is 3.08. The number of likely N-dealkylation sites (tertiary alicyclic amines) is 1. The maximum absolute atomic E-state index is 11.8. The maximum Gasteiger partial charge on any atom is 0.225 e. The van der Waals surface area contributed by atoms with Crippen LogP contribution in [-0.4, -0.2) is 75.5 Å². The Hall–Kier alpha value is -1.14. The average Bonchev–Trinajstić information content (AvgIpc) is 2.68. The topological polar surface area (TPSA) is 64.7 Å². The molecule has 1 atom stereocenters. The molecule has 1 aliphatic rings. The van der Waals surface area contributed by atoms with Crippen molar-refractivity contribution in [3.63, 3.8) is 0 Å². The van der Waals surface area contributed by atoms with E-state index in [0.29, 0.717) is 26.1 Å². The first-order chi connectivity index (χ1) is 8.54. The van der Waals surface area contributed by atoms with Gasteiger partial charge >= 0.3 is 0 Å². The average molecular weight is 256 g/mol. The van der Waals surface area contributed by atoms with Crippen LogP contribution in [0.3, 0.4) is 0 Å². The van der Waals surface area contributed by atoms with Crippen molar-refractivity contribution in [1.82, 2.24) is 20.4 Å². The third kappa shape index (κ3) is 4.62. The van der Waals surface area contributed by atoms with Crippen LogP contribution in [0.4, 0.5) is 0 Å². The van der Waals surface area contributed by atoms with Crippen LogP contribution in [0.5, 0.6) is 0 Å². The Morgan fingerprint density at radius 2 is 2.17 bits per heavy atom. The Kier molecular flexibility index (Phi) is 6.07. The molecule has 0 aliphatic carbocycles. The van der Waals surface area contributed by atoms with Crippen LogP contribution in [0.2, 0.25) is 0 Å². The van der Waals surface area contributed by atoms with Gasteiger partial charge in [-0.15, -0.1) is 0 Å². The van der Waals surface area contributed by atoms with Crippen molar-refractivity contribution >= 4 is 11.8 Å². The van der Waals surface area contributed by atoms with Crippen molar-refractivity contribution in [2.45, 2.75) is 6.42 Å². The van der Waals surface area contributed by atoms with Gasteiger partial charge < -0.3 is 20.4 Å². The molecule has 0 aromatic rings. The van der Waals surface area contributed by atoms with Gasteiger partial charge in [-0.05, 0) is 21.1 Å². The van der Waals surface area contributed by atoms with Crippen molar-refractivity contribution in [3.05, 3.63) is 0 Å². The summed E-state index contributed by atoms with van der Waals surface area (Å²) in [6.45, 7) is 3.44. The van der Waals surface area contributed by atoms with Crippen LogP contribution in [0.1, 0.15) is 6.42 Å². The van der Waals surface area contributed by atoms with Crippen LogP contribution < -0.4 is 10.6 Å². The fourth-order valence-corrected chi connectivity index (χ4v) is 1.94. The predicted molar refractivity (Wildman–Crippen MR) is 70.2 cm³/mol. The monoisotopic (exact) mass is 256 g/mol. The first kappa shape index (κ1) is 14.9. The van der Waals surface area contributed by atoms with Gasteiger partial charge in [0, 0.05) is 39.1 Å². The summed E-state index contributed by atoms with van der Waals surface area (Å²) in [5.41, 5.74) is 0. The molecule has 1 aliphatic heterocycles. The summed E-state index contributed by atoms with van der Waals surface area (Å²) in [6.07, 6.45) is 0.346. The smallest absolute Gasteiger partial charge is 0.225 e. The molecule has 1 rings (SSSR count). The summed E-state index contributed by atoms with van der Waals surface area (Å²) in [4.78, 5) is 27.4. The van der Waals surface area contributed by atoms with Crippen LogP contribution in [-0.2, 0) is 9.59 Å². The Morgan fingerprint density at radius 1 is 1.44 bits per heavy atom. The summed E-state index contributed by atoms with van der Waals surface area (Å²) >= 11 is 0. The van der Waals surface area contributed by atoms with E-state index in [4.69, 9.17) is 0 Å². The first-order valence-electron chi connectivity index (χ1n) is 6.39. The highest BCUT2D eigenvalue weighted by atomic mass is 16.2. The molecule has 2 N–H and O–H groups in total. The molecule has 104 valence electrons. The van der Waals surface area contributed by atoms with Gasteiger partial charge in [-0.3, -0.25) is 9.59 Å². The van der Waals surface area contributed by atoms with Crippen molar-refractivity contribution in [1.29, 1.82) is 0 Å². The SMILES string of the molecule is CNCCNC(=O)C1CC(=O)N(CCN(C)C)C1. The zero-order chi connectivity index (χ0) is 13.5. The van der Waals surface area contributed by atoms with Crippen molar-refractivity contribution in [2.24, 2.45) is 5.92 Å². The molecule has 18 heavy (non-hydrogen) atoms. The molecule has 1 fully saturated rings. The van der Waals surface area contributed by atoms with E-state index >= 15 is 0 Å². The van der Waals surface area contributed by atoms with Gasteiger partial charge in [0.25, 0.3) is 0 Å². The molecule has 0 aromatic carbocycles. The zero-order valence-corrected chi connectivity index (χ0v) is 11.5. The van der Waals surface area contributed by atoms with Gasteiger partial charge in [-0.1, -0.05) is 0 Å². The van der Waals surface area contributed by atoms with E-state index in [1.807, 2.05) is 26.0 Å². The highest BCUT2D eigenvalue weighted by Crippen LogP contribution is 2.17. The normalized spacial score (nSPS) is 19.7. The second-order valence-corrected chi connectivity index (χ2v) is 4.94. The number of amides is 2. The van der Waals surface area contributed by atoms with Gasteiger partial charge in [0.2, 0.25) is 11.8 Å². The van der Waals surface area contributed by atoms with E-state index in [1.54, 1.807) is 4.90 Å². The van der Waals surface area contributed by atoms with Crippen LogP contribution in [0.25, 0.3) is 0 Å². The lowest BCUT2D eigenvalue weighted by molar-refractivity contribution is -0.129. The van der Waals surface area contributed by atoms with Gasteiger partial charge in [-0.25, -0.2) is 0 Å². The molecule has 0 aromatic heterocycles. The van der Waals surface area contributed by atoms with E-state index in [-0.39, 0.29) is 17.7 Å². The minimum Gasteiger partial charge on any atom is -0.355 e. The van der Waals surface area contributed by atoms with E-state index < -0.39 is 0 Å². The third-order valence-corrected chi connectivity index (χ3v) is 3.08. The number of hydrogen-bond acceptors (Lipinski definition) is 4. The molecule has 0 saturated carbocycles. The first-order valence-corrected chi connectivity index (χ1v) is 6.39. The summed E-state index contributed by atoms with van der Waals surface area (Å²) in [6, 6.07) is 0. The van der Waals surface area contributed by atoms with Gasteiger partial charge in [-0.2, -0.15) is 0 Å². The van der Waals surface area contributed by atoms with Crippen LogP contribution in [0, 0.1) is 5.92 Å². The molecule has 2 amide bonds. The lowest BCUT2D eigenvalue weighted by Crippen LogP contribution is -2.37. The quantitative estimate of drug-likeness (QED) is 0.558. The van der Waals surface area contributed by atoms with Gasteiger partial charge in [0.15, 0.2) is 0 Å². The molecule has 0 spiro atoms. The maximum atomic E-state index is 11.8. The van der Waals surface area contributed by atoms with Crippen molar-refractivity contribution in [3.8, 4) is 0 Å². The molecule has 1 heterocycles. The van der Waals surface area contributed by atoms with Gasteiger partial charge in [0.1, 0.15) is 0 Å². The largest absolute Gasteiger partial charge is 0.355 e. The lowest BCUT2D eigenvalue weighted by atomic mass is 10.1. The second-order valence-electron chi connectivity index (χ2n) is 4.94. The number of carbonyl (C=O) groups is 2. The number of nitrogens with zero attached hydrogens (tertiary/aromatic N) is 2. The summed E-state index contributed by atoms with van der Waals surface area (Å²) < 4.78 is 0. The van der Waals surface area contributed by atoms with Crippen LogP contribution >= 0.6 is 0 Å². The number of carbonyl (C=O) groups excluding carboxylic acids is 2. The molecular weight excluding hydrogens is 232 g/mol. The number of rotatable bonds is 7. The Balaban J connectivity index is 2.33. The number of hydrogen-bond donors (Lipinski definition) is 2. The van der Waals surface area contributed by atoms with Crippen molar-refractivity contribution < 1.29 is 9.59 Å². The number of likely N-dealkylation sites (N-methyl/N-ethyl adjacent to an activating group) is 2. The minimum absolute atomic E-state index is 0.00838. The summed E-state index contributed by atoms with van der Waals surface area (Å²) in [5.74, 6) is -0.104. The molecule has 6 heteroatoms. The second kappa shape index (κ2) is 7.33. The lowest BCUT2D eigenvalue weighted by Gasteiger charge is -2.19. The number of nitrogens with one attached hydrogen (secondary N) is 2. The van der Waals surface area contributed by atoms with E-state index in [2.05, 4.69) is 10.6 Å². The Labute approximate surface area is 109 Å². The minimum atomic E-state index is -0.184. The van der Waals surface area contributed by atoms with Crippen LogP contribution in [0.15, 0.2) is 0 Å². The standard InChI is InChI=1S/C12H24N4O2/c1-13-4-5-14-12(18)10-8-11(17)16(9-10)7-6-15(2)3/h10,13H,4-9H2,1-3H3,(H,14,18). The highest BCUT2D eigenvalue weighted by molar-refractivity contribution is 5.89. The summed E-state index contributed by atoms with van der Waals surface area (Å²) in [5, 5.41) is 5.81. The van der Waals surface area contributed by atoms with E-state index in [0.717, 1.165) is 13.1 Å². The summed E-state index contributed by atoms with van der Waals surface area (Å²) in [7, 11) is 5.79. The molecule has 0 radical (unpaired) electrons. The van der Waals surface area contributed by atoms with E-state index in [1.165, 1.54) is 0 Å². The fourth-order valence-electron chi connectivity index (χ4n) is 1.94. The van der Waals surface area contributed by atoms with Crippen molar-refractivity contribution in [2.75, 3.05) is 53.9 Å². The highest BCUT2D eigenvalue weighted by Gasteiger charge is 2.33. The molecule has 1 unspecified atom stereocenters. The Bertz CT molecular complexity index is 294. The Morgan fingerprint density at radius 3 is 2.78 bits per heavy atom. The molecule has 6 nitrogen and oxygen atoms in total. The van der Waals surface area contributed by atoms with Gasteiger partial charge in [0.05, 0.1) is 5.92 Å². The fraction of sp³-hybridized carbons (Fsp3) is 0.833. The molecular formula is C12H24N4O2. The molecule has 1 saturated heterocycles.